The average molecular weight is 259 g/mol. The first-order valence-electron chi connectivity index (χ1n) is 5.10. The van der Waals surface area contributed by atoms with E-state index in [1.807, 2.05) is 12.1 Å². The molecular formula is C11H17NO4S. The molecule has 0 aliphatic heterocycles. The van der Waals surface area contributed by atoms with Crippen LogP contribution in [0.25, 0.3) is 5.57 Å². The van der Waals surface area contributed by atoms with Crippen LogP contribution in [-0.4, -0.2) is 24.6 Å². The Morgan fingerprint density at radius 1 is 1.41 bits per heavy atom. The minimum absolute atomic E-state index is 0.0289. The van der Waals surface area contributed by atoms with Gasteiger partial charge in [0.15, 0.2) is 0 Å². The number of allylic oxidation sites excluding steroid dienone is 1. The SMILES string of the molecule is C=C(CC)c1ccncc1.CCOS(=O)(=O)O. The van der Waals surface area contributed by atoms with Gasteiger partial charge in [-0.3, -0.25) is 9.54 Å². The number of rotatable bonds is 4. The molecular weight excluding hydrogens is 242 g/mol. The molecule has 0 radical (unpaired) electrons. The molecule has 0 bridgehead atoms. The maximum atomic E-state index is 9.56. The summed E-state index contributed by atoms with van der Waals surface area (Å²) in [6.45, 7) is 7.45. The zero-order chi connectivity index (χ0) is 13.3. The molecule has 0 saturated carbocycles. The number of nitrogens with zero attached hydrogens (tertiary/aromatic N) is 1. The van der Waals surface area contributed by atoms with E-state index in [1.54, 1.807) is 12.4 Å². The Morgan fingerprint density at radius 2 is 1.94 bits per heavy atom. The van der Waals surface area contributed by atoms with Gasteiger partial charge in [0.25, 0.3) is 0 Å². The maximum Gasteiger partial charge on any atom is 0.397 e. The van der Waals surface area contributed by atoms with Crippen LogP contribution < -0.4 is 0 Å². The number of aromatic nitrogens is 1. The van der Waals surface area contributed by atoms with Crippen molar-refractivity contribution in [3.05, 3.63) is 36.7 Å². The molecule has 1 N–H and O–H groups in total. The highest BCUT2D eigenvalue weighted by Crippen LogP contribution is 2.12. The van der Waals surface area contributed by atoms with Crippen molar-refractivity contribution in [3.63, 3.8) is 0 Å². The van der Waals surface area contributed by atoms with Gasteiger partial charge in [-0.2, -0.15) is 8.42 Å². The van der Waals surface area contributed by atoms with Crippen molar-refractivity contribution in [2.45, 2.75) is 20.3 Å². The second-order valence-electron chi connectivity index (χ2n) is 3.03. The van der Waals surface area contributed by atoms with Crippen molar-refractivity contribution in [2.75, 3.05) is 6.61 Å². The fraction of sp³-hybridized carbons (Fsp3) is 0.364. The molecule has 0 saturated heterocycles. The Morgan fingerprint density at radius 3 is 2.24 bits per heavy atom. The topological polar surface area (TPSA) is 76.5 Å². The Balaban J connectivity index is 0.000000325. The predicted octanol–water partition coefficient (Wildman–Crippen LogP) is 2.33. The molecule has 0 amide bonds. The van der Waals surface area contributed by atoms with Crippen LogP contribution >= 0.6 is 0 Å². The van der Waals surface area contributed by atoms with Crippen LogP contribution in [0, 0.1) is 0 Å². The van der Waals surface area contributed by atoms with Crippen LogP contribution in [0.4, 0.5) is 0 Å². The molecule has 1 heterocycles. The molecule has 0 atom stereocenters. The van der Waals surface area contributed by atoms with E-state index in [1.165, 1.54) is 18.1 Å². The quantitative estimate of drug-likeness (QED) is 0.840. The highest BCUT2D eigenvalue weighted by molar-refractivity contribution is 7.80. The monoisotopic (exact) mass is 259 g/mol. The van der Waals surface area contributed by atoms with Crippen molar-refractivity contribution >= 4 is 16.0 Å². The van der Waals surface area contributed by atoms with Gasteiger partial charge in [0, 0.05) is 12.4 Å². The lowest BCUT2D eigenvalue weighted by molar-refractivity contribution is 0.283. The van der Waals surface area contributed by atoms with Gasteiger partial charge in [0.2, 0.25) is 0 Å². The molecule has 0 spiro atoms. The number of hydrogen-bond acceptors (Lipinski definition) is 4. The summed E-state index contributed by atoms with van der Waals surface area (Å²) in [5.74, 6) is 0. The Kier molecular flexibility index (Phi) is 7.36. The van der Waals surface area contributed by atoms with E-state index in [2.05, 4.69) is 22.7 Å². The smallest absolute Gasteiger partial charge is 0.265 e. The lowest BCUT2D eigenvalue weighted by Crippen LogP contribution is -2.01. The third-order valence-electron chi connectivity index (χ3n) is 1.78. The third-order valence-corrected chi connectivity index (χ3v) is 2.32. The lowest BCUT2D eigenvalue weighted by Gasteiger charge is -1.99. The van der Waals surface area contributed by atoms with Crippen molar-refractivity contribution in [1.29, 1.82) is 0 Å². The molecule has 6 heteroatoms. The molecule has 1 aromatic rings. The van der Waals surface area contributed by atoms with E-state index in [0.717, 1.165) is 6.42 Å². The van der Waals surface area contributed by atoms with Gasteiger partial charge in [-0.1, -0.05) is 13.5 Å². The summed E-state index contributed by atoms with van der Waals surface area (Å²) in [5.41, 5.74) is 2.36. The van der Waals surface area contributed by atoms with Crippen molar-refractivity contribution < 1.29 is 17.2 Å². The zero-order valence-corrected chi connectivity index (χ0v) is 10.8. The Bertz CT molecular complexity index is 428. The first-order valence-corrected chi connectivity index (χ1v) is 6.47. The first-order chi connectivity index (χ1) is 7.90. The van der Waals surface area contributed by atoms with Gasteiger partial charge in [-0.05, 0) is 36.6 Å². The molecule has 0 aliphatic carbocycles. The van der Waals surface area contributed by atoms with E-state index < -0.39 is 10.4 Å². The summed E-state index contributed by atoms with van der Waals surface area (Å²) in [5, 5.41) is 0. The minimum Gasteiger partial charge on any atom is -0.265 e. The van der Waals surface area contributed by atoms with E-state index in [4.69, 9.17) is 4.55 Å². The standard InChI is InChI=1S/C9H11N.C2H6O4S/c1-3-8(2)9-4-6-10-7-5-9;1-2-6-7(3,4)5/h4-7H,2-3H2,1H3;2H2,1H3,(H,3,4,5). The molecule has 17 heavy (non-hydrogen) atoms. The molecule has 1 rings (SSSR count). The summed E-state index contributed by atoms with van der Waals surface area (Å²) in [4.78, 5) is 3.92. The van der Waals surface area contributed by atoms with Crippen LogP contribution in [0.2, 0.25) is 0 Å². The second kappa shape index (κ2) is 7.94. The molecule has 1 aromatic heterocycles. The van der Waals surface area contributed by atoms with E-state index in [-0.39, 0.29) is 6.61 Å². The highest BCUT2D eigenvalue weighted by atomic mass is 32.3. The van der Waals surface area contributed by atoms with Crippen LogP contribution in [0.3, 0.4) is 0 Å². The van der Waals surface area contributed by atoms with Crippen LogP contribution in [0.15, 0.2) is 31.1 Å². The predicted molar refractivity (Wildman–Crippen MR) is 66.7 cm³/mol. The molecule has 0 fully saturated rings. The summed E-state index contributed by atoms with van der Waals surface area (Å²) in [6, 6.07) is 3.96. The molecule has 0 unspecified atom stereocenters. The summed E-state index contributed by atoms with van der Waals surface area (Å²) >= 11 is 0. The van der Waals surface area contributed by atoms with E-state index >= 15 is 0 Å². The summed E-state index contributed by atoms with van der Waals surface area (Å²) in [7, 11) is -4.17. The fourth-order valence-electron chi connectivity index (χ4n) is 0.941. The van der Waals surface area contributed by atoms with Gasteiger partial charge in [-0.15, -0.1) is 0 Å². The maximum absolute atomic E-state index is 9.56. The minimum atomic E-state index is -4.17. The molecule has 0 aromatic carbocycles. The fourth-order valence-corrected chi connectivity index (χ4v) is 1.24. The number of hydrogen-bond donors (Lipinski definition) is 1. The van der Waals surface area contributed by atoms with Gasteiger partial charge in [0.05, 0.1) is 6.61 Å². The zero-order valence-electron chi connectivity index (χ0n) is 9.96. The third kappa shape index (κ3) is 8.56. The van der Waals surface area contributed by atoms with Gasteiger partial charge in [-0.25, -0.2) is 4.18 Å². The van der Waals surface area contributed by atoms with Gasteiger partial charge >= 0.3 is 10.4 Å². The highest BCUT2D eigenvalue weighted by Gasteiger charge is 1.98. The Hall–Kier alpha value is -1.24. The molecule has 5 nitrogen and oxygen atoms in total. The van der Waals surface area contributed by atoms with E-state index in [0.29, 0.717) is 0 Å². The first kappa shape index (κ1) is 15.8. The van der Waals surface area contributed by atoms with Crippen LogP contribution in [0.1, 0.15) is 25.8 Å². The lowest BCUT2D eigenvalue weighted by atomic mass is 10.1. The largest absolute Gasteiger partial charge is 0.397 e. The average Bonchev–Trinajstić information content (AvgIpc) is 2.28. The van der Waals surface area contributed by atoms with Crippen LogP contribution in [-0.2, 0) is 14.6 Å². The second-order valence-corrected chi connectivity index (χ2v) is 4.12. The molecule has 96 valence electrons. The van der Waals surface area contributed by atoms with Gasteiger partial charge in [0.1, 0.15) is 0 Å². The number of pyridine rings is 1. The Labute approximate surface area is 102 Å². The molecule has 0 aliphatic rings. The van der Waals surface area contributed by atoms with Gasteiger partial charge < -0.3 is 0 Å². The summed E-state index contributed by atoms with van der Waals surface area (Å²) < 4.78 is 30.7. The van der Waals surface area contributed by atoms with Crippen molar-refractivity contribution in [1.82, 2.24) is 4.98 Å². The van der Waals surface area contributed by atoms with Crippen LogP contribution in [0.5, 0.6) is 0 Å². The summed E-state index contributed by atoms with van der Waals surface area (Å²) in [6.07, 6.45) is 4.58. The van der Waals surface area contributed by atoms with Crippen molar-refractivity contribution in [3.8, 4) is 0 Å². The van der Waals surface area contributed by atoms with Crippen molar-refractivity contribution in [2.24, 2.45) is 0 Å². The normalized spacial score (nSPS) is 10.3. The van der Waals surface area contributed by atoms with E-state index in [9.17, 15) is 8.42 Å².